The molecule has 0 aliphatic carbocycles. The van der Waals surface area contributed by atoms with E-state index in [-0.39, 0.29) is 6.42 Å². The summed E-state index contributed by atoms with van der Waals surface area (Å²) in [5.41, 5.74) is 0.646. The molecule has 6 heteroatoms. The summed E-state index contributed by atoms with van der Waals surface area (Å²) < 4.78 is 36.8. The lowest BCUT2D eigenvalue weighted by Crippen LogP contribution is -2.23. The summed E-state index contributed by atoms with van der Waals surface area (Å²) in [5.74, 6) is 0. The van der Waals surface area contributed by atoms with E-state index < -0.39 is 18.6 Å². The Kier molecular flexibility index (Phi) is 5.76. The highest BCUT2D eigenvalue weighted by molar-refractivity contribution is 6.35. The van der Waals surface area contributed by atoms with Crippen molar-refractivity contribution in [3.05, 3.63) is 33.8 Å². The van der Waals surface area contributed by atoms with Gasteiger partial charge in [0.15, 0.2) is 0 Å². The lowest BCUT2D eigenvalue weighted by Gasteiger charge is -2.20. The van der Waals surface area contributed by atoms with E-state index in [9.17, 15) is 13.2 Å². The van der Waals surface area contributed by atoms with Gasteiger partial charge in [-0.05, 0) is 30.7 Å². The number of hydrogen-bond acceptors (Lipinski definition) is 1. The highest BCUT2D eigenvalue weighted by Crippen LogP contribution is 2.32. The molecule has 1 rings (SSSR count). The average Bonchev–Trinajstić information content (AvgIpc) is 2.24. The Morgan fingerprint density at radius 3 is 2.44 bits per heavy atom. The Hall–Kier alpha value is -0.450. The van der Waals surface area contributed by atoms with Crippen LogP contribution in [0.5, 0.6) is 0 Å². The molecule has 0 aliphatic heterocycles. The summed E-state index contributed by atoms with van der Waals surface area (Å²) in [4.78, 5) is 0. The van der Waals surface area contributed by atoms with Gasteiger partial charge in [-0.15, -0.1) is 0 Å². The van der Waals surface area contributed by atoms with E-state index in [4.69, 9.17) is 23.2 Å². The van der Waals surface area contributed by atoms with Gasteiger partial charge in [0.1, 0.15) is 0 Å². The minimum Gasteiger partial charge on any atom is -0.310 e. The molecule has 102 valence electrons. The topological polar surface area (TPSA) is 12.0 Å². The molecular weight excluding hydrogens is 286 g/mol. The predicted molar refractivity (Wildman–Crippen MR) is 68.2 cm³/mol. The molecule has 0 aliphatic rings. The molecule has 1 N–H and O–H groups in total. The monoisotopic (exact) mass is 299 g/mol. The second kappa shape index (κ2) is 6.64. The van der Waals surface area contributed by atoms with Crippen LogP contribution in [0, 0.1) is 0 Å². The summed E-state index contributed by atoms with van der Waals surface area (Å²) in [6.07, 6.45) is -5.05. The Morgan fingerprint density at radius 2 is 1.94 bits per heavy atom. The van der Waals surface area contributed by atoms with Gasteiger partial charge in [0.05, 0.1) is 0 Å². The number of nitrogens with one attached hydrogen (secondary N) is 1. The first-order valence-electron chi connectivity index (χ1n) is 5.58. The van der Waals surface area contributed by atoms with Gasteiger partial charge in [0.25, 0.3) is 0 Å². The summed E-state index contributed by atoms with van der Waals surface area (Å²) in [7, 11) is 0. The molecule has 0 amide bonds. The Balaban J connectivity index is 2.83. The minimum atomic E-state index is -4.16. The fourth-order valence-corrected chi connectivity index (χ4v) is 2.25. The van der Waals surface area contributed by atoms with Crippen molar-refractivity contribution in [1.29, 1.82) is 0 Å². The fourth-order valence-electron chi connectivity index (χ4n) is 1.71. The number of halogens is 5. The Bertz CT molecular complexity index is 393. The molecule has 0 aromatic heterocycles. The molecule has 1 aromatic carbocycles. The SMILES string of the molecule is CCNC(CCC(F)(F)F)c1ccc(Cl)cc1Cl. The van der Waals surface area contributed by atoms with Crippen molar-refractivity contribution in [1.82, 2.24) is 5.32 Å². The second-order valence-electron chi connectivity index (χ2n) is 3.93. The highest BCUT2D eigenvalue weighted by atomic mass is 35.5. The number of rotatable bonds is 5. The first-order chi connectivity index (χ1) is 8.33. The van der Waals surface area contributed by atoms with Gasteiger partial charge in [-0.3, -0.25) is 0 Å². The zero-order valence-corrected chi connectivity index (χ0v) is 11.3. The maximum atomic E-state index is 12.3. The average molecular weight is 300 g/mol. The minimum absolute atomic E-state index is 0.0430. The molecular formula is C12H14Cl2F3N. The van der Waals surface area contributed by atoms with E-state index in [0.717, 1.165) is 0 Å². The zero-order valence-electron chi connectivity index (χ0n) is 9.82. The first-order valence-corrected chi connectivity index (χ1v) is 6.34. The largest absolute Gasteiger partial charge is 0.389 e. The molecule has 0 radical (unpaired) electrons. The maximum Gasteiger partial charge on any atom is 0.389 e. The van der Waals surface area contributed by atoms with Crippen LogP contribution in [0.25, 0.3) is 0 Å². The molecule has 18 heavy (non-hydrogen) atoms. The van der Waals surface area contributed by atoms with Crippen molar-refractivity contribution >= 4 is 23.2 Å². The van der Waals surface area contributed by atoms with E-state index in [0.29, 0.717) is 22.2 Å². The third-order valence-electron chi connectivity index (χ3n) is 2.50. The van der Waals surface area contributed by atoms with Crippen molar-refractivity contribution in [3.63, 3.8) is 0 Å². The van der Waals surface area contributed by atoms with Crippen LogP contribution in [0.1, 0.15) is 31.4 Å². The van der Waals surface area contributed by atoms with Crippen molar-refractivity contribution in [2.24, 2.45) is 0 Å². The molecule has 0 bridgehead atoms. The molecule has 0 spiro atoms. The Labute approximate surface area is 114 Å². The second-order valence-corrected chi connectivity index (χ2v) is 4.77. The van der Waals surface area contributed by atoms with Gasteiger partial charge in [0, 0.05) is 22.5 Å². The molecule has 1 nitrogen and oxygen atoms in total. The van der Waals surface area contributed by atoms with Crippen LogP contribution in [-0.2, 0) is 0 Å². The molecule has 0 saturated heterocycles. The maximum absolute atomic E-state index is 12.3. The highest BCUT2D eigenvalue weighted by Gasteiger charge is 2.29. The van der Waals surface area contributed by atoms with Crippen LogP contribution in [0.3, 0.4) is 0 Å². The number of benzene rings is 1. The van der Waals surface area contributed by atoms with Crippen LogP contribution in [-0.4, -0.2) is 12.7 Å². The van der Waals surface area contributed by atoms with Gasteiger partial charge in [-0.2, -0.15) is 13.2 Å². The van der Waals surface area contributed by atoms with E-state index in [1.807, 2.05) is 6.92 Å². The van der Waals surface area contributed by atoms with Gasteiger partial charge in [-0.1, -0.05) is 36.2 Å². The summed E-state index contributed by atoms with van der Waals surface area (Å²) in [6.45, 7) is 2.41. The lowest BCUT2D eigenvalue weighted by molar-refractivity contribution is -0.136. The van der Waals surface area contributed by atoms with Gasteiger partial charge in [-0.25, -0.2) is 0 Å². The van der Waals surface area contributed by atoms with Crippen LogP contribution in [0.15, 0.2) is 18.2 Å². The molecule has 1 aromatic rings. The number of alkyl halides is 3. The molecule has 0 saturated carbocycles. The predicted octanol–water partition coefficient (Wildman–Crippen LogP) is 4.99. The van der Waals surface area contributed by atoms with Crippen molar-refractivity contribution in [2.45, 2.75) is 32.0 Å². The van der Waals surface area contributed by atoms with Gasteiger partial charge >= 0.3 is 6.18 Å². The molecule has 1 unspecified atom stereocenters. The van der Waals surface area contributed by atoms with Crippen molar-refractivity contribution < 1.29 is 13.2 Å². The normalized spacial score (nSPS) is 13.7. The third kappa shape index (κ3) is 5.04. The lowest BCUT2D eigenvalue weighted by atomic mass is 10.0. The number of hydrogen-bond donors (Lipinski definition) is 1. The zero-order chi connectivity index (χ0) is 13.8. The van der Waals surface area contributed by atoms with E-state index in [2.05, 4.69) is 5.32 Å². The van der Waals surface area contributed by atoms with Crippen LogP contribution in [0.2, 0.25) is 10.0 Å². The van der Waals surface area contributed by atoms with Crippen molar-refractivity contribution in [3.8, 4) is 0 Å². The molecule has 0 heterocycles. The quantitative estimate of drug-likeness (QED) is 0.808. The van der Waals surface area contributed by atoms with Crippen LogP contribution < -0.4 is 5.32 Å². The summed E-state index contributed by atoms with van der Waals surface area (Å²) in [6, 6.07) is 4.41. The smallest absolute Gasteiger partial charge is 0.310 e. The van der Waals surface area contributed by atoms with E-state index in [1.165, 1.54) is 6.07 Å². The first kappa shape index (κ1) is 15.6. The third-order valence-corrected chi connectivity index (χ3v) is 3.07. The molecule has 1 atom stereocenters. The van der Waals surface area contributed by atoms with E-state index in [1.54, 1.807) is 12.1 Å². The summed E-state index contributed by atoms with van der Waals surface area (Å²) in [5, 5.41) is 3.86. The van der Waals surface area contributed by atoms with Crippen LogP contribution >= 0.6 is 23.2 Å². The Morgan fingerprint density at radius 1 is 1.28 bits per heavy atom. The van der Waals surface area contributed by atoms with Crippen LogP contribution in [0.4, 0.5) is 13.2 Å². The van der Waals surface area contributed by atoms with Gasteiger partial charge in [0.2, 0.25) is 0 Å². The fraction of sp³-hybridized carbons (Fsp3) is 0.500. The molecule has 0 fully saturated rings. The van der Waals surface area contributed by atoms with E-state index >= 15 is 0 Å². The van der Waals surface area contributed by atoms with Gasteiger partial charge < -0.3 is 5.32 Å². The van der Waals surface area contributed by atoms with Crippen molar-refractivity contribution in [2.75, 3.05) is 6.54 Å². The standard InChI is InChI=1S/C12H14Cl2F3N/c1-2-18-11(5-6-12(15,16)17)9-4-3-8(13)7-10(9)14/h3-4,7,11,18H,2,5-6H2,1H3. The summed E-state index contributed by atoms with van der Waals surface area (Å²) >= 11 is 11.8.